The normalized spacial score (nSPS) is 20.0. The molecule has 0 bridgehead atoms. The molecular weight excluding hydrogens is 184 g/mol. The minimum Gasteiger partial charge on any atom is -0.181 e. The van der Waals surface area contributed by atoms with Gasteiger partial charge in [-0.2, -0.15) is 10.2 Å². The molecule has 0 amide bonds. The van der Waals surface area contributed by atoms with Gasteiger partial charge < -0.3 is 0 Å². The van der Waals surface area contributed by atoms with Crippen LogP contribution >= 0.6 is 0 Å². The van der Waals surface area contributed by atoms with Crippen LogP contribution in [0.5, 0.6) is 0 Å². The third-order valence-corrected chi connectivity index (χ3v) is 2.79. The van der Waals surface area contributed by atoms with E-state index in [1.165, 1.54) is 37.8 Å². The summed E-state index contributed by atoms with van der Waals surface area (Å²) in [5.41, 5.74) is 1.21. The van der Waals surface area contributed by atoms with Gasteiger partial charge in [0.25, 0.3) is 0 Å². The maximum atomic E-state index is 4.30. The van der Waals surface area contributed by atoms with Crippen LogP contribution in [0, 0.1) is 5.92 Å². The molecule has 0 fully saturated rings. The molecule has 86 valence electrons. The molecule has 0 aromatic heterocycles. The minimum atomic E-state index is 0.385. The molecule has 0 aromatic rings. The first-order valence-corrected chi connectivity index (χ1v) is 6.34. The molecule has 0 saturated heterocycles. The lowest BCUT2D eigenvalue weighted by Gasteiger charge is -2.05. The van der Waals surface area contributed by atoms with Crippen molar-refractivity contribution in [2.24, 2.45) is 16.1 Å². The maximum Gasteiger partial charge on any atom is 0.0914 e. The van der Waals surface area contributed by atoms with Gasteiger partial charge >= 0.3 is 0 Å². The summed E-state index contributed by atoms with van der Waals surface area (Å²) in [4.78, 5) is 0. The third kappa shape index (κ3) is 5.10. The zero-order valence-corrected chi connectivity index (χ0v) is 10.4. The summed E-state index contributed by atoms with van der Waals surface area (Å²) in [6.45, 7) is 6.77. The smallest absolute Gasteiger partial charge is 0.0914 e. The Hall–Kier alpha value is -0.660. The Balaban J connectivity index is 2.17. The lowest BCUT2D eigenvalue weighted by atomic mass is 10.0. The first-order valence-electron chi connectivity index (χ1n) is 6.34. The Morgan fingerprint density at radius 3 is 2.80 bits per heavy atom. The van der Waals surface area contributed by atoms with Crippen LogP contribution in [0.2, 0.25) is 0 Å². The number of rotatable bonds is 7. The van der Waals surface area contributed by atoms with Crippen molar-refractivity contribution < 1.29 is 0 Å². The van der Waals surface area contributed by atoms with Crippen LogP contribution in [0.4, 0.5) is 0 Å². The number of nitrogens with zero attached hydrogens (tertiary/aromatic N) is 2. The molecule has 0 N–H and O–H groups in total. The lowest BCUT2D eigenvalue weighted by molar-refractivity contribution is 0.522. The van der Waals surface area contributed by atoms with Gasteiger partial charge in [0.05, 0.1) is 11.7 Å². The van der Waals surface area contributed by atoms with Gasteiger partial charge in [-0.25, -0.2) is 0 Å². The topological polar surface area (TPSA) is 24.7 Å². The first-order chi connectivity index (χ1) is 7.22. The fourth-order valence-corrected chi connectivity index (χ4v) is 1.80. The van der Waals surface area contributed by atoms with E-state index < -0.39 is 0 Å². The van der Waals surface area contributed by atoms with E-state index in [0.29, 0.717) is 6.04 Å². The van der Waals surface area contributed by atoms with Gasteiger partial charge in [-0.1, -0.05) is 40.0 Å². The van der Waals surface area contributed by atoms with Crippen LogP contribution in [0.25, 0.3) is 0 Å². The molecule has 0 saturated carbocycles. The van der Waals surface area contributed by atoms with E-state index in [1.54, 1.807) is 0 Å². The first kappa shape index (κ1) is 12.4. The molecule has 2 heteroatoms. The van der Waals surface area contributed by atoms with Crippen molar-refractivity contribution in [3.63, 3.8) is 0 Å². The van der Waals surface area contributed by atoms with E-state index in [9.17, 15) is 0 Å². The molecule has 2 nitrogen and oxygen atoms in total. The molecule has 0 spiro atoms. The average Bonchev–Trinajstić information content (AvgIpc) is 2.62. The van der Waals surface area contributed by atoms with Crippen molar-refractivity contribution in [2.75, 3.05) is 0 Å². The predicted octanol–water partition coefficient (Wildman–Crippen LogP) is 4.72. The van der Waals surface area contributed by atoms with E-state index in [2.05, 4.69) is 37.1 Å². The van der Waals surface area contributed by atoms with E-state index in [0.717, 1.165) is 12.3 Å². The minimum absolute atomic E-state index is 0.385. The summed E-state index contributed by atoms with van der Waals surface area (Å²) in [7, 11) is 0. The summed E-state index contributed by atoms with van der Waals surface area (Å²) < 4.78 is 0. The summed E-state index contributed by atoms with van der Waals surface area (Å²) in [6, 6.07) is 0.385. The second kappa shape index (κ2) is 6.76. The monoisotopic (exact) mass is 208 g/mol. The summed E-state index contributed by atoms with van der Waals surface area (Å²) in [5, 5.41) is 8.54. The van der Waals surface area contributed by atoms with Gasteiger partial charge in [0.1, 0.15) is 0 Å². The van der Waals surface area contributed by atoms with Crippen LogP contribution < -0.4 is 0 Å². The van der Waals surface area contributed by atoms with Crippen molar-refractivity contribution in [1.82, 2.24) is 0 Å². The number of unbranched alkanes of at least 4 members (excludes halogenated alkanes) is 1. The van der Waals surface area contributed by atoms with Crippen LogP contribution in [0.1, 0.15) is 59.3 Å². The summed E-state index contributed by atoms with van der Waals surface area (Å²) >= 11 is 0. The van der Waals surface area contributed by atoms with Crippen molar-refractivity contribution in [3.8, 4) is 0 Å². The molecule has 0 aromatic carbocycles. The van der Waals surface area contributed by atoms with E-state index in [4.69, 9.17) is 0 Å². The molecular formula is C13H24N2. The summed E-state index contributed by atoms with van der Waals surface area (Å²) in [5.74, 6) is 0.812. The lowest BCUT2D eigenvalue weighted by Crippen LogP contribution is -1.98. The Labute approximate surface area is 93.9 Å². The fourth-order valence-electron chi connectivity index (χ4n) is 1.80. The molecule has 1 aliphatic rings. The maximum absolute atomic E-state index is 4.30. The third-order valence-electron chi connectivity index (χ3n) is 2.79. The van der Waals surface area contributed by atoms with Gasteiger partial charge in [0.2, 0.25) is 0 Å². The highest BCUT2D eigenvalue weighted by atomic mass is 15.1. The van der Waals surface area contributed by atoms with Gasteiger partial charge in [-0.15, -0.1) is 0 Å². The van der Waals surface area contributed by atoms with Gasteiger partial charge in [-0.3, -0.25) is 0 Å². The van der Waals surface area contributed by atoms with Crippen molar-refractivity contribution in [2.45, 2.75) is 65.3 Å². The highest BCUT2D eigenvalue weighted by molar-refractivity contribution is 5.09. The van der Waals surface area contributed by atoms with Crippen LogP contribution in [0.3, 0.4) is 0 Å². The zero-order valence-electron chi connectivity index (χ0n) is 10.4. The second-order valence-electron chi connectivity index (χ2n) is 4.87. The Morgan fingerprint density at radius 2 is 2.13 bits per heavy atom. The van der Waals surface area contributed by atoms with Crippen LogP contribution in [0.15, 0.2) is 22.0 Å². The zero-order chi connectivity index (χ0) is 11.1. The van der Waals surface area contributed by atoms with Crippen molar-refractivity contribution in [1.29, 1.82) is 0 Å². The molecule has 0 aliphatic carbocycles. The quantitative estimate of drug-likeness (QED) is 0.578. The molecule has 1 unspecified atom stereocenters. The SMILES string of the molecule is CCCCC1=CC(CCCC(C)C)N=N1. The molecule has 15 heavy (non-hydrogen) atoms. The molecule has 1 rings (SSSR count). The Kier molecular flexibility index (Phi) is 5.59. The largest absolute Gasteiger partial charge is 0.181 e. The van der Waals surface area contributed by atoms with Gasteiger partial charge in [0.15, 0.2) is 0 Å². The average molecular weight is 208 g/mol. The molecule has 1 aliphatic heterocycles. The van der Waals surface area contributed by atoms with Crippen molar-refractivity contribution >= 4 is 0 Å². The molecule has 1 heterocycles. The Morgan fingerprint density at radius 1 is 1.33 bits per heavy atom. The molecule has 0 radical (unpaired) electrons. The van der Waals surface area contributed by atoms with Crippen LogP contribution in [-0.2, 0) is 0 Å². The highest BCUT2D eigenvalue weighted by Crippen LogP contribution is 2.22. The fraction of sp³-hybridized carbons (Fsp3) is 0.846. The van der Waals surface area contributed by atoms with E-state index in [-0.39, 0.29) is 0 Å². The standard InChI is InChI=1S/C13H24N2/c1-4-5-8-12-10-13(15-14-12)9-6-7-11(2)3/h10-11,13H,4-9H2,1-3H3. The number of allylic oxidation sites excluding steroid dienone is 1. The second-order valence-corrected chi connectivity index (χ2v) is 4.87. The predicted molar refractivity (Wildman–Crippen MR) is 64.9 cm³/mol. The van der Waals surface area contributed by atoms with Gasteiger partial charge in [-0.05, 0) is 31.3 Å². The molecule has 1 atom stereocenters. The number of hydrogen-bond donors (Lipinski definition) is 0. The van der Waals surface area contributed by atoms with E-state index >= 15 is 0 Å². The summed E-state index contributed by atoms with van der Waals surface area (Å²) in [6.07, 6.45) is 9.62. The van der Waals surface area contributed by atoms with Crippen LogP contribution in [-0.4, -0.2) is 6.04 Å². The van der Waals surface area contributed by atoms with Gasteiger partial charge in [0, 0.05) is 0 Å². The van der Waals surface area contributed by atoms with Crippen molar-refractivity contribution in [3.05, 3.63) is 11.8 Å². The number of azo groups is 1. The van der Waals surface area contributed by atoms with E-state index in [1.807, 2.05) is 0 Å². The number of hydrogen-bond acceptors (Lipinski definition) is 2. The highest BCUT2D eigenvalue weighted by Gasteiger charge is 2.11. The Bertz CT molecular complexity index is 229.